The van der Waals surface area contributed by atoms with E-state index < -0.39 is 0 Å². The Labute approximate surface area is 126 Å². The molecule has 0 fully saturated rings. The summed E-state index contributed by atoms with van der Waals surface area (Å²) in [7, 11) is 0. The van der Waals surface area contributed by atoms with Crippen molar-refractivity contribution in [3.8, 4) is 0 Å². The quantitative estimate of drug-likeness (QED) is 0.247. The van der Waals surface area contributed by atoms with Gasteiger partial charge >= 0.3 is 5.97 Å². The Morgan fingerprint density at radius 1 is 1.05 bits per heavy atom. The van der Waals surface area contributed by atoms with Crippen LogP contribution in [0.5, 0.6) is 0 Å². The van der Waals surface area contributed by atoms with Crippen LogP contribution in [0, 0.1) is 5.92 Å². The van der Waals surface area contributed by atoms with E-state index in [9.17, 15) is 4.79 Å². The third-order valence-corrected chi connectivity index (χ3v) is 3.55. The second-order valence-corrected chi connectivity index (χ2v) is 5.80. The molecule has 1 unspecified atom stereocenters. The number of hydrogen-bond acceptors (Lipinski definition) is 2. The molecule has 0 aromatic carbocycles. The summed E-state index contributed by atoms with van der Waals surface area (Å²) in [5.74, 6) is 0.571. The molecule has 0 aliphatic heterocycles. The van der Waals surface area contributed by atoms with Gasteiger partial charge in [0.2, 0.25) is 0 Å². The summed E-state index contributed by atoms with van der Waals surface area (Å²) < 4.78 is 4.91. The normalized spacial score (nSPS) is 12.8. The summed E-state index contributed by atoms with van der Waals surface area (Å²) >= 11 is 0. The van der Waals surface area contributed by atoms with Crippen LogP contribution in [0.4, 0.5) is 0 Å². The van der Waals surface area contributed by atoms with Gasteiger partial charge in [0.1, 0.15) is 0 Å². The van der Waals surface area contributed by atoms with Crippen molar-refractivity contribution in [2.75, 3.05) is 6.61 Å². The van der Waals surface area contributed by atoms with E-state index in [0.717, 1.165) is 12.3 Å². The summed E-state index contributed by atoms with van der Waals surface area (Å²) in [6, 6.07) is 0. The van der Waals surface area contributed by atoms with Crippen LogP contribution in [-0.2, 0) is 9.53 Å². The van der Waals surface area contributed by atoms with Crippen LogP contribution in [0.3, 0.4) is 0 Å². The van der Waals surface area contributed by atoms with E-state index in [-0.39, 0.29) is 5.97 Å². The minimum atomic E-state index is -0.161. The topological polar surface area (TPSA) is 26.3 Å². The van der Waals surface area contributed by atoms with Crippen LogP contribution in [0.2, 0.25) is 0 Å². The molecule has 118 valence electrons. The fraction of sp³-hybridized carbons (Fsp3) is 0.833. The van der Waals surface area contributed by atoms with Crippen LogP contribution in [0.15, 0.2) is 12.2 Å². The summed E-state index contributed by atoms with van der Waals surface area (Å²) in [6.45, 7) is 6.62. The van der Waals surface area contributed by atoms with Crippen molar-refractivity contribution in [1.82, 2.24) is 0 Å². The van der Waals surface area contributed by atoms with Gasteiger partial charge in [0.15, 0.2) is 0 Å². The lowest BCUT2D eigenvalue weighted by molar-refractivity contribution is -0.141. The van der Waals surface area contributed by atoms with Gasteiger partial charge < -0.3 is 4.74 Å². The maximum absolute atomic E-state index is 10.6. The summed E-state index contributed by atoms with van der Waals surface area (Å²) in [6.07, 6.45) is 17.3. The molecule has 0 heterocycles. The van der Waals surface area contributed by atoms with Gasteiger partial charge in [-0.15, -0.1) is 0 Å². The van der Waals surface area contributed by atoms with Gasteiger partial charge in [-0.05, 0) is 25.2 Å². The summed E-state index contributed by atoms with van der Waals surface area (Å²) in [4.78, 5) is 10.6. The van der Waals surface area contributed by atoms with Gasteiger partial charge in [-0.25, -0.2) is 0 Å². The number of esters is 1. The molecule has 2 nitrogen and oxygen atoms in total. The average molecular weight is 282 g/mol. The molecular formula is C18H34O2. The molecule has 2 heteroatoms. The molecule has 1 atom stereocenters. The first kappa shape index (κ1) is 19.2. The number of carbonyl (C=O) groups is 1. The standard InChI is InChI=1S/C18H34O2/c1-4-5-6-11-14-17(2)15-12-9-7-8-10-13-16-20-18(3)19/h11,14,17H,4-10,12-13,15-16H2,1-3H3/b14-11-. The van der Waals surface area contributed by atoms with E-state index >= 15 is 0 Å². The molecule has 0 aliphatic carbocycles. The van der Waals surface area contributed by atoms with Crippen LogP contribution < -0.4 is 0 Å². The van der Waals surface area contributed by atoms with E-state index in [0.29, 0.717) is 6.61 Å². The first-order valence-corrected chi connectivity index (χ1v) is 8.46. The fourth-order valence-corrected chi connectivity index (χ4v) is 2.24. The zero-order valence-electron chi connectivity index (χ0n) is 13.8. The van der Waals surface area contributed by atoms with Gasteiger partial charge in [-0.1, -0.05) is 70.9 Å². The molecule has 0 bridgehead atoms. The molecule has 0 N–H and O–H groups in total. The van der Waals surface area contributed by atoms with Crippen LogP contribution in [0.1, 0.15) is 85.0 Å². The van der Waals surface area contributed by atoms with E-state index in [1.165, 1.54) is 64.7 Å². The summed E-state index contributed by atoms with van der Waals surface area (Å²) in [5.41, 5.74) is 0. The van der Waals surface area contributed by atoms with E-state index in [1.807, 2.05) is 0 Å². The molecule has 0 saturated heterocycles. The predicted octanol–water partition coefficient (Wildman–Crippen LogP) is 5.66. The molecular weight excluding hydrogens is 248 g/mol. The smallest absolute Gasteiger partial charge is 0.302 e. The maximum Gasteiger partial charge on any atom is 0.302 e. The predicted molar refractivity (Wildman–Crippen MR) is 86.8 cm³/mol. The molecule has 0 aromatic rings. The zero-order chi connectivity index (χ0) is 15.1. The highest BCUT2D eigenvalue weighted by Gasteiger charge is 1.98. The van der Waals surface area contributed by atoms with E-state index in [2.05, 4.69) is 26.0 Å². The minimum Gasteiger partial charge on any atom is -0.466 e. The Morgan fingerprint density at radius 2 is 1.70 bits per heavy atom. The zero-order valence-corrected chi connectivity index (χ0v) is 13.8. The molecule has 0 amide bonds. The Balaban J connectivity index is 3.22. The Hall–Kier alpha value is -0.790. The number of ether oxygens (including phenoxy) is 1. The molecule has 20 heavy (non-hydrogen) atoms. The van der Waals surface area contributed by atoms with Crippen molar-refractivity contribution in [2.45, 2.75) is 85.0 Å². The SMILES string of the molecule is CCCC/C=C\C(C)CCCCCCCCOC(C)=O. The monoisotopic (exact) mass is 282 g/mol. The average Bonchev–Trinajstić information content (AvgIpc) is 2.41. The Morgan fingerprint density at radius 3 is 2.35 bits per heavy atom. The second kappa shape index (κ2) is 14.6. The lowest BCUT2D eigenvalue weighted by Gasteiger charge is -2.06. The van der Waals surface area contributed by atoms with Crippen molar-refractivity contribution in [2.24, 2.45) is 5.92 Å². The third-order valence-electron chi connectivity index (χ3n) is 3.55. The lowest BCUT2D eigenvalue weighted by atomic mass is 10.0. The van der Waals surface area contributed by atoms with Gasteiger partial charge in [-0.2, -0.15) is 0 Å². The Bertz CT molecular complexity index is 246. The van der Waals surface area contributed by atoms with Gasteiger partial charge in [0.05, 0.1) is 6.61 Å². The van der Waals surface area contributed by atoms with Crippen molar-refractivity contribution in [3.63, 3.8) is 0 Å². The van der Waals surface area contributed by atoms with Crippen molar-refractivity contribution in [1.29, 1.82) is 0 Å². The second-order valence-electron chi connectivity index (χ2n) is 5.80. The highest BCUT2D eigenvalue weighted by Crippen LogP contribution is 2.13. The number of carbonyl (C=O) groups excluding carboxylic acids is 1. The Kier molecular flexibility index (Phi) is 14.0. The van der Waals surface area contributed by atoms with Crippen molar-refractivity contribution in [3.05, 3.63) is 12.2 Å². The number of hydrogen-bond donors (Lipinski definition) is 0. The van der Waals surface area contributed by atoms with Crippen LogP contribution in [-0.4, -0.2) is 12.6 Å². The first-order chi connectivity index (χ1) is 9.66. The molecule has 0 aromatic heterocycles. The van der Waals surface area contributed by atoms with E-state index in [1.54, 1.807) is 0 Å². The van der Waals surface area contributed by atoms with Crippen LogP contribution in [0.25, 0.3) is 0 Å². The fourth-order valence-electron chi connectivity index (χ4n) is 2.24. The summed E-state index contributed by atoms with van der Waals surface area (Å²) in [5, 5.41) is 0. The first-order valence-electron chi connectivity index (χ1n) is 8.46. The van der Waals surface area contributed by atoms with Crippen molar-refractivity contribution < 1.29 is 9.53 Å². The molecule has 0 rings (SSSR count). The largest absolute Gasteiger partial charge is 0.466 e. The molecule has 0 saturated carbocycles. The van der Waals surface area contributed by atoms with Crippen LogP contribution >= 0.6 is 0 Å². The molecule has 0 aliphatic rings. The minimum absolute atomic E-state index is 0.161. The van der Waals surface area contributed by atoms with Gasteiger partial charge in [-0.3, -0.25) is 4.79 Å². The number of rotatable bonds is 13. The van der Waals surface area contributed by atoms with Crippen molar-refractivity contribution >= 4 is 5.97 Å². The highest BCUT2D eigenvalue weighted by atomic mass is 16.5. The highest BCUT2D eigenvalue weighted by molar-refractivity contribution is 5.65. The van der Waals surface area contributed by atoms with Gasteiger partial charge in [0.25, 0.3) is 0 Å². The molecule has 0 radical (unpaired) electrons. The number of allylic oxidation sites excluding steroid dienone is 2. The number of unbranched alkanes of at least 4 members (excludes halogenated alkanes) is 7. The maximum atomic E-state index is 10.6. The molecule has 0 spiro atoms. The lowest BCUT2D eigenvalue weighted by Crippen LogP contribution is -2.00. The van der Waals surface area contributed by atoms with Gasteiger partial charge in [0, 0.05) is 6.92 Å². The third kappa shape index (κ3) is 15.3. The van der Waals surface area contributed by atoms with E-state index in [4.69, 9.17) is 4.74 Å².